The van der Waals surface area contributed by atoms with Gasteiger partial charge in [-0.25, -0.2) is 14.2 Å². The zero-order valence-electron chi connectivity index (χ0n) is 14.0. The lowest BCUT2D eigenvalue weighted by Crippen LogP contribution is -2.28. The van der Waals surface area contributed by atoms with Crippen molar-refractivity contribution in [2.75, 3.05) is 5.32 Å². The minimum atomic E-state index is -0.661. The van der Waals surface area contributed by atoms with E-state index in [4.69, 9.17) is 4.74 Å². The van der Waals surface area contributed by atoms with Gasteiger partial charge in [-0.2, -0.15) is 0 Å². The number of nitrogens with zero attached hydrogens (tertiary/aromatic N) is 1. The van der Waals surface area contributed by atoms with Crippen LogP contribution in [0.2, 0.25) is 0 Å². The molecule has 132 valence electrons. The summed E-state index contributed by atoms with van der Waals surface area (Å²) < 4.78 is 20.5. The number of carbonyl (C=O) groups excluding carboxylic acids is 1. The maximum absolute atomic E-state index is 14.1. The van der Waals surface area contributed by atoms with Gasteiger partial charge >= 0.3 is 6.09 Å². The number of benzene rings is 1. The molecule has 0 atom stereocenters. The first-order valence-corrected chi connectivity index (χ1v) is 9.25. The minimum Gasteiger partial charge on any atom is -0.444 e. The summed E-state index contributed by atoms with van der Waals surface area (Å²) in [4.78, 5) is 16.1. The fourth-order valence-corrected chi connectivity index (χ4v) is 3.18. The summed E-state index contributed by atoms with van der Waals surface area (Å²) in [7, 11) is 0. The largest absolute Gasteiger partial charge is 0.444 e. The maximum atomic E-state index is 14.1. The van der Waals surface area contributed by atoms with Gasteiger partial charge in [-0.1, -0.05) is 34.6 Å². The molecular weight excluding hydrogens is 502 g/mol. The molecule has 0 aliphatic rings. The Morgan fingerprint density at radius 1 is 1.40 bits per heavy atom. The number of pyridine rings is 1. The van der Waals surface area contributed by atoms with Crippen LogP contribution < -0.4 is 5.32 Å². The van der Waals surface area contributed by atoms with Gasteiger partial charge in [0.25, 0.3) is 0 Å². The molecular formula is C18H17BrFIN2O2. The standard InChI is InChI=1S/C18H17BrFIN2O2/c1-10(11-6-5-7-12(19)8-11)14-15(21)13(20)9-22-16(14)23-17(24)25-18(2,3)4/h5-9H,1H2,2-4H3,(H,22,23,24). The molecule has 1 amide bonds. The van der Waals surface area contributed by atoms with E-state index in [1.165, 1.54) is 0 Å². The lowest BCUT2D eigenvalue weighted by molar-refractivity contribution is 0.0635. The summed E-state index contributed by atoms with van der Waals surface area (Å²) in [6.07, 6.45) is 0.400. The van der Waals surface area contributed by atoms with Crippen LogP contribution in [0.1, 0.15) is 31.9 Å². The lowest BCUT2D eigenvalue weighted by atomic mass is 10.00. The average Bonchev–Trinajstić information content (AvgIpc) is 2.49. The van der Waals surface area contributed by atoms with Crippen LogP contribution in [0, 0.1) is 9.39 Å². The third kappa shape index (κ3) is 5.24. The first-order chi connectivity index (χ1) is 11.6. The topological polar surface area (TPSA) is 51.2 Å². The number of aromatic nitrogens is 1. The molecule has 7 heteroatoms. The van der Waals surface area contributed by atoms with Gasteiger partial charge in [-0.3, -0.25) is 5.32 Å². The smallest absolute Gasteiger partial charge is 0.413 e. The predicted molar refractivity (Wildman–Crippen MR) is 109 cm³/mol. The van der Waals surface area contributed by atoms with E-state index in [2.05, 4.69) is 32.8 Å². The van der Waals surface area contributed by atoms with Crippen LogP contribution in [0.3, 0.4) is 0 Å². The van der Waals surface area contributed by atoms with Gasteiger partial charge in [0.2, 0.25) is 0 Å². The Balaban J connectivity index is 2.44. The van der Waals surface area contributed by atoms with Crippen molar-refractivity contribution >= 4 is 56.0 Å². The van der Waals surface area contributed by atoms with Crippen LogP contribution in [-0.2, 0) is 4.74 Å². The Bertz CT molecular complexity index is 834. The summed E-state index contributed by atoms with van der Waals surface area (Å²) in [5.41, 5.74) is 1.10. The summed E-state index contributed by atoms with van der Waals surface area (Å²) in [5, 5.41) is 2.58. The van der Waals surface area contributed by atoms with Crippen LogP contribution in [-0.4, -0.2) is 16.7 Å². The Morgan fingerprint density at radius 3 is 2.68 bits per heavy atom. The van der Waals surface area contributed by atoms with Gasteiger partial charge in [0.1, 0.15) is 11.4 Å². The highest BCUT2D eigenvalue weighted by molar-refractivity contribution is 14.1. The number of rotatable bonds is 3. The molecule has 0 fully saturated rings. The van der Waals surface area contributed by atoms with E-state index in [9.17, 15) is 9.18 Å². The molecule has 0 radical (unpaired) electrons. The molecule has 1 heterocycles. The quantitative estimate of drug-likeness (QED) is 0.507. The number of amides is 1. The van der Waals surface area contributed by atoms with Gasteiger partial charge in [0, 0.05) is 10.0 Å². The number of carbonyl (C=O) groups is 1. The minimum absolute atomic E-state index is 0.199. The van der Waals surface area contributed by atoms with Gasteiger partial charge in [-0.15, -0.1) is 0 Å². The van der Waals surface area contributed by atoms with Gasteiger partial charge in [0.05, 0.1) is 9.77 Å². The Kier molecular flexibility index (Phi) is 6.21. The normalized spacial score (nSPS) is 11.1. The van der Waals surface area contributed by atoms with E-state index < -0.39 is 17.5 Å². The highest BCUT2D eigenvalue weighted by atomic mass is 127. The van der Waals surface area contributed by atoms with Crippen molar-refractivity contribution in [1.29, 1.82) is 0 Å². The van der Waals surface area contributed by atoms with E-state index in [1.54, 1.807) is 20.8 Å². The molecule has 0 bridgehead atoms. The zero-order valence-corrected chi connectivity index (χ0v) is 17.7. The van der Waals surface area contributed by atoms with Crippen LogP contribution in [0.4, 0.5) is 15.0 Å². The van der Waals surface area contributed by atoms with Crippen molar-refractivity contribution in [1.82, 2.24) is 4.98 Å². The van der Waals surface area contributed by atoms with Gasteiger partial charge < -0.3 is 4.74 Å². The van der Waals surface area contributed by atoms with Crippen LogP contribution >= 0.6 is 38.5 Å². The predicted octanol–water partition coefficient (Wildman–Crippen LogP) is 6.00. The molecule has 0 unspecified atom stereocenters. The number of hydrogen-bond acceptors (Lipinski definition) is 3. The van der Waals surface area contributed by atoms with E-state index in [1.807, 2.05) is 46.9 Å². The third-order valence-electron chi connectivity index (χ3n) is 3.07. The van der Waals surface area contributed by atoms with Crippen LogP contribution in [0.25, 0.3) is 5.57 Å². The summed E-state index contributed by atoms with van der Waals surface area (Å²) in [6.45, 7) is 9.34. The number of halogens is 3. The molecule has 2 rings (SSSR count). The number of ether oxygens (including phenoxy) is 1. The second kappa shape index (κ2) is 7.82. The van der Waals surface area contributed by atoms with Crippen LogP contribution in [0.5, 0.6) is 0 Å². The zero-order chi connectivity index (χ0) is 18.8. The van der Waals surface area contributed by atoms with E-state index in [-0.39, 0.29) is 5.82 Å². The van der Waals surface area contributed by atoms with E-state index in [0.717, 1.165) is 16.2 Å². The fraction of sp³-hybridized carbons (Fsp3) is 0.222. The van der Waals surface area contributed by atoms with Crippen molar-refractivity contribution in [2.24, 2.45) is 0 Å². The third-order valence-corrected chi connectivity index (χ3v) is 4.62. The van der Waals surface area contributed by atoms with Crippen molar-refractivity contribution < 1.29 is 13.9 Å². The first-order valence-electron chi connectivity index (χ1n) is 7.37. The van der Waals surface area contributed by atoms with Crippen molar-refractivity contribution in [2.45, 2.75) is 26.4 Å². The molecule has 0 aliphatic heterocycles. The summed E-state index contributed by atoms with van der Waals surface area (Å²) in [5.74, 6) is -0.286. The van der Waals surface area contributed by atoms with Crippen molar-refractivity contribution in [3.8, 4) is 0 Å². The first kappa shape index (κ1) is 19.8. The van der Waals surface area contributed by atoms with Gasteiger partial charge in [0.15, 0.2) is 5.82 Å². The van der Waals surface area contributed by atoms with Crippen LogP contribution in [0.15, 0.2) is 41.5 Å². The molecule has 0 aliphatic carbocycles. The molecule has 0 spiro atoms. The molecule has 1 aromatic heterocycles. The Hall–Kier alpha value is -1.48. The summed E-state index contributed by atoms with van der Waals surface area (Å²) in [6, 6.07) is 7.45. The second-order valence-electron chi connectivity index (χ2n) is 6.26. The molecule has 0 saturated carbocycles. The second-order valence-corrected chi connectivity index (χ2v) is 8.25. The van der Waals surface area contributed by atoms with Crippen molar-refractivity contribution in [3.05, 3.63) is 62.0 Å². The lowest BCUT2D eigenvalue weighted by Gasteiger charge is -2.21. The molecule has 25 heavy (non-hydrogen) atoms. The van der Waals surface area contributed by atoms with E-state index in [0.29, 0.717) is 14.7 Å². The molecule has 1 aromatic carbocycles. The highest BCUT2D eigenvalue weighted by Gasteiger charge is 2.21. The Morgan fingerprint density at radius 2 is 2.08 bits per heavy atom. The van der Waals surface area contributed by atoms with E-state index >= 15 is 0 Å². The summed E-state index contributed by atoms with van der Waals surface area (Å²) >= 11 is 5.28. The monoisotopic (exact) mass is 518 g/mol. The Labute approximate surface area is 168 Å². The fourth-order valence-electron chi connectivity index (χ4n) is 2.06. The maximum Gasteiger partial charge on any atom is 0.413 e. The highest BCUT2D eigenvalue weighted by Crippen LogP contribution is 2.33. The molecule has 2 aromatic rings. The SMILES string of the molecule is C=C(c1cccc(Br)c1)c1c(NC(=O)OC(C)(C)C)ncc(F)c1I. The molecule has 1 N–H and O–H groups in total. The molecule has 0 saturated heterocycles. The average molecular weight is 519 g/mol. The number of anilines is 1. The number of hydrogen-bond donors (Lipinski definition) is 1. The van der Waals surface area contributed by atoms with Gasteiger partial charge in [-0.05, 0) is 66.6 Å². The van der Waals surface area contributed by atoms with Crippen molar-refractivity contribution in [3.63, 3.8) is 0 Å². The number of nitrogens with one attached hydrogen (secondary N) is 1. The molecule has 4 nitrogen and oxygen atoms in total.